The monoisotopic (exact) mass is 555 g/mol. The van der Waals surface area contributed by atoms with Crippen molar-refractivity contribution in [2.45, 2.75) is 49.5 Å². The number of carbonyl (C=O) groups excluding carboxylic acids is 3. The molecule has 2 aliphatic heterocycles. The number of hydrogen-bond donors (Lipinski definition) is 2. The van der Waals surface area contributed by atoms with Gasteiger partial charge in [-0.05, 0) is 67.1 Å². The van der Waals surface area contributed by atoms with Crippen molar-refractivity contribution in [3.8, 4) is 0 Å². The number of amides is 2. The fourth-order valence-electron chi connectivity index (χ4n) is 6.86. The van der Waals surface area contributed by atoms with Crippen LogP contribution in [-0.4, -0.2) is 51.9 Å². The Balaban J connectivity index is 1.12. The topological polar surface area (TPSA) is 104 Å². The van der Waals surface area contributed by atoms with Crippen LogP contribution >= 0.6 is 0 Å². The van der Waals surface area contributed by atoms with Gasteiger partial charge in [-0.1, -0.05) is 25.0 Å². The molecule has 2 N–H and O–H groups in total. The molecule has 2 spiro atoms. The number of ketones is 1. The van der Waals surface area contributed by atoms with Crippen molar-refractivity contribution in [2.75, 3.05) is 23.7 Å². The van der Waals surface area contributed by atoms with E-state index < -0.39 is 28.5 Å². The van der Waals surface area contributed by atoms with Gasteiger partial charge in [0.25, 0.3) is 0 Å². The molecule has 1 saturated carbocycles. The Morgan fingerprint density at radius 1 is 1.00 bits per heavy atom. The number of pyridine rings is 1. The molecule has 0 saturated heterocycles. The normalized spacial score (nSPS) is 22.1. The number of benzene rings is 2. The van der Waals surface area contributed by atoms with Gasteiger partial charge in [0.05, 0.1) is 18.5 Å². The Labute approximate surface area is 234 Å². The molecule has 3 heterocycles. The highest BCUT2D eigenvalue weighted by Gasteiger charge is 2.51. The van der Waals surface area contributed by atoms with Crippen molar-refractivity contribution in [3.63, 3.8) is 0 Å². The van der Waals surface area contributed by atoms with Gasteiger partial charge in [-0.3, -0.25) is 19.4 Å². The molecule has 3 aromatic rings. The van der Waals surface area contributed by atoms with Crippen molar-refractivity contribution < 1.29 is 23.2 Å². The number of rotatable bonds is 4. The number of nitrogens with one attached hydrogen (secondary N) is 2. The summed E-state index contributed by atoms with van der Waals surface area (Å²) in [6, 6.07) is 12.5. The average Bonchev–Trinajstić information content (AvgIpc) is 3.62. The van der Waals surface area contributed by atoms with Crippen LogP contribution in [0, 0.1) is 11.6 Å². The van der Waals surface area contributed by atoms with Crippen molar-refractivity contribution in [1.82, 2.24) is 9.88 Å². The van der Waals surface area contributed by atoms with Gasteiger partial charge in [0.2, 0.25) is 11.8 Å². The molecule has 1 fully saturated rings. The molecule has 0 unspecified atom stereocenters. The van der Waals surface area contributed by atoms with E-state index in [0.29, 0.717) is 37.2 Å². The zero-order valence-corrected chi connectivity index (χ0v) is 22.2. The van der Waals surface area contributed by atoms with Gasteiger partial charge in [0.1, 0.15) is 28.8 Å². The van der Waals surface area contributed by atoms with E-state index in [9.17, 15) is 23.2 Å². The molecule has 0 bridgehead atoms. The lowest BCUT2D eigenvalue weighted by atomic mass is 9.79. The molecule has 1 atom stereocenters. The first-order valence-electron chi connectivity index (χ1n) is 13.8. The summed E-state index contributed by atoms with van der Waals surface area (Å²) in [5.74, 6) is -1.24. The number of carbonyl (C=O) groups is 3. The summed E-state index contributed by atoms with van der Waals surface area (Å²) in [4.78, 5) is 50.0. The number of anilines is 2. The second-order valence-corrected chi connectivity index (χ2v) is 11.4. The third kappa shape index (κ3) is 4.20. The first-order valence-corrected chi connectivity index (χ1v) is 13.8. The third-order valence-electron chi connectivity index (χ3n) is 8.82. The molecule has 2 aromatic carbocycles. The molecule has 208 valence electrons. The van der Waals surface area contributed by atoms with Crippen molar-refractivity contribution in [2.24, 2.45) is 4.99 Å². The number of aliphatic imine (C=N–C) groups is 1. The summed E-state index contributed by atoms with van der Waals surface area (Å²) in [5, 5.41) is 5.78. The first kappa shape index (κ1) is 25.5. The maximum atomic E-state index is 14.1. The third-order valence-corrected chi connectivity index (χ3v) is 8.82. The maximum absolute atomic E-state index is 14.1. The number of fused-ring (bicyclic) bond motifs is 3. The van der Waals surface area contributed by atoms with Crippen molar-refractivity contribution >= 4 is 34.9 Å². The van der Waals surface area contributed by atoms with E-state index >= 15 is 0 Å². The van der Waals surface area contributed by atoms with Crippen molar-refractivity contribution in [1.29, 1.82) is 0 Å². The number of Topliss-reactive ketones (excluding diaryl/α,β-unsaturated/α-hetero) is 1. The molecule has 41 heavy (non-hydrogen) atoms. The molecule has 1 aromatic heterocycles. The van der Waals surface area contributed by atoms with Gasteiger partial charge in [0, 0.05) is 29.1 Å². The minimum Gasteiger partial charge on any atom is -0.340 e. The Hall–Kier alpha value is -4.47. The van der Waals surface area contributed by atoms with Gasteiger partial charge < -0.3 is 15.5 Å². The smallest absolute Gasteiger partial charge is 0.243 e. The predicted molar refractivity (Wildman–Crippen MR) is 148 cm³/mol. The van der Waals surface area contributed by atoms with Crippen LogP contribution in [0.25, 0.3) is 0 Å². The van der Waals surface area contributed by atoms with E-state index in [1.54, 1.807) is 12.3 Å². The number of hydrogen-bond acceptors (Lipinski definition) is 6. The second-order valence-electron chi connectivity index (χ2n) is 11.4. The van der Waals surface area contributed by atoms with Crippen molar-refractivity contribution in [3.05, 3.63) is 88.6 Å². The Morgan fingerprint density at radius 3 is 2.54 bits per heavy atom. The second kappa shape index (κ2) is 9.29. The Morgan fingerprint density at radius 2 is 1.76 bits per heavy atom. The predicted octanol–water partition coefficient (Wildman–Crippen LogP) is 3.93. The highest BCUT2D eigenvalue weighted by molar-refractivity contribution is 6.09. The van der Waals surface area contributed by atoms with Gasteiger partial charge in [0.15, 0.2) is 5.78 Å². The van der Waals surface area contributed by atoms with Crippen LogP contribution < -0.4 is 10.6 Å². The molecule has 8 nitrogen and oxygen atoms in total. The minimum absolute atomic E-state index is 0.0698. The fourth-order valence-corrected chi connectivity index (χ4v) is 6.86. The molecule has 2 aliphatic carbocycles. The first-order chi connectivity index (χ1) is 19.7. The lowest BCUT2D eigenvalue weighted by Crippen LogP contribution is -2.53. The summed E-state index contributed by atoms with van der Waals surface area (Å²) in [6.07, 6.45) is 5.56. The van der Waals surface area contributed by atoms with Crippen LogP contribution in [0.3, 0.4) is 0 Å². The van der Waals surface area contributed by atoms with E-state index in [1.165, 1.54) is 17.0 Å². The Bertz CT molecular complexity index is 1640. The number of nitrogens with zero attached hydrogens (tertiary/aromatic N) is 3. The summed E-state index contributed by atoms with van der Waals surface area (Å²) in [7, 11) is 0. The number of aromatic nitrogens is 1. The lowest BCUT2D eigenvalue weighted by Gasteiger charge is -2.36. The van der Waals surface area contributed by atoms with E-state index in [-0.39, 0.29) is 36.2 Å². The highest BCUT2D eigenvalue weighted by atomic mass is 19.1. The zero-order valence-electron chi connectivity index (χ0n) is 22.2. The fraction of sp³-hybridized carbons (Fsp3) is 0.323. The SMILES string of the molecule is O=C(CN1CC(=O)C2(CCCC2)N=C1c1cc(F)cc(F)c1)Nc1ccc2c(c1)C[C@@]1(C2)C(=O)Nc2ncccc21. The van der Waals surface area contributed by atoms with Gasteiger partial charge in [-0.25, -0.2) is 13.8 Å². The number of amidine groups is 1. The molecular weight excluding hydrogens is 528 g/mol. The average molecular weight is 556 g/mol. The van der Waals surface area contributed by atoms with Crippen LogP contribution in [0.5, 0.6) is 0 Å². The summed E-state index contributed by atoms with van der Waals surface area (Å²) in [6.45, 7) is -0.291. The van der Waals surface area contributed by atoms with Crippen LogP contribution in [0.2, 0.25) is 0 Å². The molecule has 7 rings (SSSR count). The minimum atomic E-state index is -0.901. The van der Waals surface area contributed by atoms with Crippen LogP contribution in [0.1, 0.15) is 47.9 Å². The molecule has 2 amide bonds. The highest BCUT2D eigenvalue weighted by Crippen LogP contribution is 2.47. The van der Waals surface area contributed by atoms with E-state index in [2.05, 4.69) is 15.6 Å². The van der Waals surface area contributed by atoms with E-state index in [0.717, 1.165) is 35.6 Å². The lowest BCUT2D eigenvalue weighted by molar-refractivity contribution is -0.125. The maximum Gasteiger partial charge on any atom is 0.243 e. The summed E-state index contributed by atoms with van der Waals surface area (Å²) in [5.41, 5.74) is 2.00. The van der Waals surface area contributed by atoms with Gasteiger partial charge >= 0.3 is 0 Å². The molecule has 0 radical (unpaired) electrons. The quantitative estimate of drug-likeness (QED) is 0.508. The molecule has 4 aliphatic rings. The van der Waals surface area contributed by atoms with Crippen LogP contribution in [-0.2, 0) is 32.6 Å². The number of halogens is 2. The van der Waals surface area contributed by atoms with Gasteiger partial charge in [-0.2, -0.15) is 0 Å². The molecule has 10 heteroatoms. The van der Waals surface area contributed by atoms with Crippen LogP contribution in [0.4, 0.5) is 20.3 Å². The zero-order chi connectivity index (χ0) is 28.4. The van der Waals surface area contributed by atoms with E-state index in [4.69, 9.17) is 4.99 Å². The standard InChI is InChI=1S/C31H27F2N5O3/c32-21-10-19(11-22(33)13-21)28-37-31(7-1-2-8-31)25(39)16-38(28)17-26(40)35-23-6-5-18-14-30(15-20(18)12-23)24-4-3-9-34-27(24)36-29(30)41/h3-6,9-13H,1-2,7-8,14-17H2,(H,35,40)(H,34,36,41)/t30-/m1/s1. The van der Waals surface area contributed by atoms with E-state index in [1.807, 2.05) is 24.3 Å². The largest absolute Gasteiger partial charge is 0.340 e. The molecular formula is C31H27F2N5O3. The summed E-state index contributed by atoms with van der Waals surface area (Å²) < 4.78 is 28.3. The van der Waals surface area contributed by atoms with Crippen LogP contribution in [0.15, 0.2) is 59.7 Å². The van der Waals surface area contributed by atoms with Gasteiger partial charge in [-0.15, -0.1) is 0 Å². The summed E-state index contributed by atoms with van der Waals surface area (Å²) >= 11 is 0. The Kier molecular flexibility index (Phi) is 5.78.